The van der Waals surface area contributed by atoms with Crippen LogP contribution in [0.5, 0.6) is 17.2 Å². The van der Waals surface area contributed by atoms with E-state index in [1.807, 2.05) is 74.5 Å². The van der Waals surface area contributed by atoms with Crippen LogP contribution in [-0.2, 0) is 11.3 Å². The lowest BCUT2D eigenvalue weighted by Gasteiger charge is -2.11. The Kier molecular flexibility index (Phi) is 7.41. The second kappa shape index (κ2) is 10.8. The quantitative estimate of drug-likeness (QED) is 0.293. The molecule has 0 saturated heterocycles. The molecule has 6 nitrogen and oxygen atoms in total. The van der Waals surface area contributed by atoms with E-state index < -0.39 is 0 Å². The molecular weight excluding hydrogens is 442 g/mol. The minimum atomic E-state index is -0.189. The fraction of sp³-hybridized carbons (Fsp3) is 0.207. The van der Waals surface area contributed by atoms with Crippen LogP contribution in [0.2, 0.25) is 0 Å². The third-order valence-corrected chi connectivity index (χ3v) is 5.75. The number of nitrogens with one attached hydrogen (secondary N) is 1. The predicted octanol–water partition coefficient (Wildman–Crippen LogP) is 6.24. The maximum absolute atomic E-state index is 12.7. The van der Waals surface area contributed by atoms with Gasteiger partial charge in [-0.15, -0.1) is 0 Å². The summed E-state index contributed by atoms with van der Waals surface area (Å²) in [5.74, 6) is 2.03. The Morgan fingerprint density at radius 3 is 2.51 bits per heavy atom. The van der Waals surface area contributed by atoms with Crippen molar-refractivity contribution in [3.8, 4) is 28.4 Å². The summed E-state index contributed by atoms with van der Waals surface area (Å²) in [6.07, 6.45) is 3.32. The number of benzene rings is 3. The van der Waals surface area contributed by atoms with E-state index in [9.17, 15) is 4.79 Å². The maximum atomic E-state index is 12.7. The van der Waals surface area contributed by atoms with E-state index in [2.05, 4.69) is 5.32 Å². The Hall–Kier alpha value is -4.19. The minimum Gasteiger partial charge on any atom is -0.497 e. The van der Waals surface area contributed by atoms with Crippen molar-refractivity contribution in [2.45, 2.75) is 20.4 Å². The van der Waals surface area contributed by atoms with Gasteiger partial charge in [-0.2, -0.15) is 0 Å². The zero-order valence-corrected chi connectivity index (χ0v) is 20.4. The number of methoxy groups -OCH3 is 2. The van der Waals surface area contributed by atoms with E-state index in [1.165, 1.54) is 0 Å². The zero-order chi connectivity index (χ0) is 24.8. The number of furan rings is 1. The molecule has 0 atom stereocenters. The van der Waals surface area contributed by atoms with E-state index >= 15 is 0 Å². The number of fused-ring (bicyclic) bond motifs is 1. The number of carbonyl (C=O) groups excluding carboxylic acids is 1. The number of ether oxygens (including phenoxy) is 3. The highest BCUT2D eigenvalue weighted by atomic mass is 16.5. The molecule has 1 N–H and O–H groups in total. The fourth-order valence-electron chi connectivity index (χ4n) is 3.95. The SMILES string of the molecule is CCOc1ccc(-c2coc3cc(OC)c(/C(C)=C/C(=O)NCc4cccc(OC)c4)cc23)cc1. The van der Waals surface area contributed by atoms with E-state index in [0.29, 0.717) is 24.5 Å². The lowest BCUT2D eigenvalue weighted by molar-refractivity contribution is -0.116. The molecule has 0 spiro atoms. The highest BCUT2D eigenvalue weighted by Crippen LogP contribution is 2.37. The Morgan fingerprint density at radius 1 is 1.00 bits per heavy atom. The van der Waals surface area contributed by atoms with Crippen molar-refractivity contribution in [1.82, 2.24) is 5.32 Å². The van der Waals surface area contributed by atoms with Gasteiger partial charge >= 0.3 is 0 Å². The van der Waals surface area contributed by atoms with Crippen LogP contribution in [0.15, 0.2) is 77.4 Å². The summed E-state index contributed by atoms with van der Waals surface area (Å²) in [7, 11) is 3.23. The number of amides is 1. The van der Waals surface area contributed by atoms with Crippen molar-refractivity contribution in [3.63, 3.8) is 0 Å². The Balaban J connectivity index is 1.59. The Morgan fingerprint density at radius 2 is 1.80 bits per heavy atom. The smallest absolute Gasteiger partial charge is 0.244 e. The average Bonchev–Trinajstić information content (AvgIpc) is 3.30. The molecule has 3 aromatic carbocycles. The number of hydrogen-bond acceptors (Lipinski definition) is 5. The Labute approximate surface area is 205 Å². The molecule has 4 aromatic rings. The molecule has 1 amide bonds. The van der Waals surface area contributed by atoms with Gasteiger partial charge in [0.05, 0.1) is 27.1 Å². The molecule has 0 aliphatic carbocycles. The molecule has 0 radical (unpaired) electrons. The lowest BCUT2D eigenvalue weighted by atomic mass is 9.99. The summed E-state index contributed by atoms with van der Waals surface area (Å²) in [4.78, 5) is 12.7. The van der Waals surface area contributed by atoms with E-state index in [4.69, 9.17) is 18.6 Å². The summed E-state index contributed by atoms with van der Waals surface area (Å²) < 4.78 is 22.2. The van der Waals surface area contributed by atoms with Gasteiger partial charge < -0.3 is 23.9 Å². The summed E-state index contributed by atoms with van der Waals surface area (Å²) in [6, 6.07) is 19.4. The van der Waals surface area contributed by atoms with E-state index in [0.717, 1.165) is 44.7 Å². The van der Waals surface area contributed by atoms with Gasteiger partial charge in [0.15, 0.2) is 0 Å². The summed E-state index contributed by atoms with van der Waals surface area (Å²) in [5, 5.41) is 3.87. The molecule has 0 fully saturated rings. The van der Waals surface area contributed by atoms with Gasteiger partial charge in [0, 0.05) is 35.2 Å². The first-order chi connectivity index (χ1) is 17.0. The van der Waals surface area contributed by atoms with Crippen molar-refractivity contribution in [2.75, 3.05) is 20.8 Å². The largest absolute Gasteiger partial charge is 0.497 e. The van der Waals surface area contributed by atoms with Crippen molar-refractivity contribution >= 4 is 22.4 Å². The summed E-state index contributed by atoms with van der Waals surface area (Å²) in [5.41, 5.74) is 5.25. The van der Waals surface area contributed by atoms with Crippen LogP contribution in [0.3, 0.4) is 0 Å². The first-order valence-electron chi connectivity index (χ1n) is 11.4. The van der Waals surface area contributed by atoms with Crippen molar-refractivity contribution in [3.05, 3.63) is 84.1 Å². The molecule has 0 aliphatic rings. The third-order valence-electron chi connectivity index (χ3n) is 5.75. The average molecular weight is 472 g/mol. The van der Waals surface area contributed by atoms with Gasteiger partial charge in [-0.25, -0.2) is 0 Å². The van der Waals surface area contributed by atoms with Gasteiger partial charge in [-0.1, -0.05) is 24.3 Å². The second-order valence-corrected chi connectivity index (χ2v) is 8.05. The molecule has 0 unspecified atom stereocenters. The minimum absolute atomic E-state index is 0.189. The molecule has 180 valence electrons. The summed E-state index contributed by atoms with van der Waals surface area (Å²) >= 11 is 0. The van der Waals surface area contributed by atoms with E-state index in [-0.39, 0.29) is 5.91 Å². The van der Waals surface area contributed by atoms with Crippen LogP contribution in [0.4, 0.5) is 0 Å². The van der Waals surface area contributed by atoms with Gasteiger partial charge in [0.2, 0.25) is 5.91 Å². The fourth-order valence-corrected chi connectivity index (χ4v) is 3.95. The predicted molar refractivity (Wildman–Crippen MR) is 138 cm³/mol. The normalized spacial score (nSPS) is 11.4. The molecule has 1 heterocycles. The molecular formula is C29H29NO5. The molecule has 6 heteroatoms. The van der Waals surface area contributed by atoms with Crippen LogP contribution in [0.1, 0.15) is 25.0 Å². The number of allylic oxidation sites excluding steroid dienone is 1. The molecule has 1 aromatic heterocycles. The van der Waals surface area contributed by atoms with Gasteiger partial charge in [-0.05, 0) is 60.9 Å². The topological polar surface area (TPSA) is 69.9 Å². The van der Waals surface area contributed by atoms with E-state index in [1.54, 1.807) is 26.6 Å². The van der Waals surface area contributed by atoms with Gasteiger partial charge in [0.25, 0.3) is 0 Å². The standard InChI is InChI=1S/C29H29NO5/c1-5-34-22-11-9-21(10-12-22)26-18-35-28-16-27(33-4)24(15-25(26)28)19(2)13-29(31)30-17-20-7-6-8-23(14-20)32-3/h6-16,18H,5,17H2,1-4H3,(H,30,31)/b19-13+. The second-order valence-electron chi connectivity index (χ2n) is 8.05. The van der Waals surface area contributed by atoms with Gasteiger partial charge in [0.1, 0.15) is 22.8 Å². The molecule has 0 saturated carbocycles. The van der Waals surface area contributed by atoms with Crippen LogP contribution >= 0.6 is 0 Å². The van der Waals surface area contributed by atoms with Crippen molar-refractivity contribution in [1.29, 1.82) is 0 Å². The molecule has 0 bridgehead atoms. The maximum Gasteiger partial charge on any atom is 0.244 e. The Bertz CT molecular complexity index is 1350. The highest BCUT2D eigenvalue weighted by Gasteiger charge is 2.15. The zero-order valence-electron chi connectivity index (χ0n) is 20.4. The first kappa shape index (κ1) is 24.0. The molecule has 4 rings (SSSR count). The third kappa shape index (κ3) is 5.49. The monoisotopic (exact) mass is 471 g/mol. The number of hydrogen-bond donors (Lipinski definition) is 1. The van der Waals surface area contributed by atoms with Crippen molar-refractivity contribution < 1.29 is 23.4 Å². The summed E-state index contributed by atoms with van der Waals surface area (Å²) in [6.45, 7) is 4.88. The van der Waals surface area contributed by atoms with Gasteiger partial charge in [-0.3, -0.25) is 4.79 Å². The number of rotatable bonds is 9. The molecule has 0 aliphatic heterocycles. The van der Waals surface area contributed by atoms with Crippen LogP contribution in [0, 0.1) is 0 Å². The lowest BCUT2D eigenvalue weighted by Crippen LogP contribution is -2.20. The highest BCUT2D eigenvalue weighted by molar-refractivity contribution is 6.00. The van der Waals surface area contributed by atoms with Crippen LogP contribution in [0.25, 0.3) is 27.7 Å². The van der Waals surface area contributed by atoms with Crippen molar-refractivity contribution in [2.24, 2.45) is 0 Å². The van der Waals surface area contributed by atoms with Crippen LogP contribution < -0.4 is 19.5 Å². The number of carbonyl (C=O) groups is 1. The van der Waals surface area contributed by atoms with Crippen LogP contribution in [-0.4, -0.2) is 26.7 Å². The first-order valence-corrected chi connectivity index (χ1v) is 11.4. The molecule has 35 heavy (non-hydrogen) atoms.